The number of urea groups is 1. The predicted octanol–water partition coefficient (Wildman–Crippen LogP) is 3.87. The number of aryl methyl sites for hydroxylation is 3. The van der Waals surface area contributed by atoms with Crippen molar-refractivity contribution in [2.75, 3.05) is 13.1 Å². The van der Waals surface area contributed by atoms with Crippen LogP contribution in [0.25, 0.3) is 0 Å². The van der Waals surface area contributed by atoms with Crippen molar-refractivity contribution in [3.8, 4) is 0 Å². The normalized spacial score (nSPS) is 15.1. The van der Waals surface area contributed by atoms with Crippen molar-refractivity contribution >= 4 is 6.03 Å². The van der Waals surface area contributed by atoms with Crippen LogP contribution in [0.3, 0.4) is 0 Å². The summed E-state index contributed by atoms with van der Waals surface area (Å²) in [6.07, 6.45) is 3.26. The number of hydrogen-bond donors (Lipinski definition) is 1. The molecule has 1 saturated heterocycles. The summed E-state index contributed by atoms with van der Waals surface area (Å²) >= 11 is 0. The number of nitrogens with one attached hydrogen (secondary N) is 1. The molecule has 0 radical (unpaired) electrons. The molecule has 2 amide bonds. The number of amides is 2. The molecule has 1 aliphatic rings. The molecule has 0 saturated carbocycles. The van der Waals surface area contributed by atoms with Crippen LogP contribution in [0.5, 0.6) is 0 Å². The first-order valence-corrected chi connectivity index (χ1v) is 9.81. The minimum absolute atomic E-state index is 0.0503. The zero-order valence-electron chi connectivity index (χ0n) is 16.8. The van der Waals surface area contributed by atoms with Gasteiger partial charge in [0.05, 0.1) is 5.69 Å². The van der Waals surface area contributed by atoms with Crippen molar-refractivity contribution in [2.24, 2.45) is 13.0 Å². The van der Waals surface area contributed by atoms with Crippen molar-refractivity contribution in [3.63, 3.8) is 0 Å². The minimum Gasteiger partial charge on any atom is -0.334 e. The van der Waals surface area contributed by atoms with Crippen molar-refractivity contribution in [3.05, 3.63) is 52.3 Å². The third-order valence-electron chi connectivity index (χ3n) is 5.81. The van der Waals surface area contributed by atoms with Gasteiger partial charge < -0.3 is 10.2 Å². The van der Waals surface area contributed by atoms with Gasteiger partial charge in [-0.25, -0.2) is 13.6 Å². The van der Waals surface area contributed by atoms with Crippen LogP contribution in [-0.4, -0.2) is 33.8 Å². The molecule has 0 atom stereocenters. The van der Waals surface area contributed by atoms with E-state index in [1.54, 1.807) is 0 Å². The topological polar surface area (TPSA) is 50.2 Å². The fraction of sp³-hybridized carbons (Fsp3) is 0.524. The van der Waals surface area contributed by atoms with Gasteiger partial charge in [0.15, 0.2) is 0 Å². The highest BCUT2D eigenvalue weighted by molar-refractivity contribution is 5.74. The second-order valence-electron chi connectivity index (χ2n) is 7.64. The molecule has 28 heavy (non-hydrogen) atoms. The predicted molar refractivity (Wildman–Crippen MR) is 104 cm³/mol. The van der Waals surface area contributed by atoms with Gasteiger partial charge >= 0.3 is 6.03 Å². The van der Waals surface area contributed by atoms with Crippen molar-refractivity contribution < 1.29 is 13.6 Å². The Balaban J connectivity index is 1.43. The van der Waals surface area contributed by atoms with Gasteiger partial charge in [-0.15, -0.1) is 0 Å². The van der Waals surface area contributed by atoms with Crippen LogP contribution in [0, 0.1) is 31.4 Å². The lowest BCUT2D eigenvalue weighted by Gasteiger charge is -2.32. The van der Waals surface area contributed by atoms with Gasteiger partial charge in [0.25, 0.3) is 0 Å². The molecular formula is C21H28F2N4O. The number of hydrogen-bond acceptors (Lipinski definition) is 2. The summed E-state index contributed by atoms with van der Waals surface area (Å²) in [5.74, 6) is -0.564. The summed E-state index contributed by atoms with van der Waals surface area (Å²) in [6, 6.07) is 3.71. The first-order valence-electron chi connectivity index (χ1n) is 9.81. The van der Waals surface area contributed by atoms with Crippen LogP contribution >= 0.6 is 0 Å². The molecule has 1 aromatic heterocycles. The Bertz CT molecular complexity index is 841. The molecular weight excluding hydrogens is 362 g/mol. The highest BCUT2D eigenvalue weighted by Gasteiger charge is 2.23. The number of benzene rings is 1. The molecule has 0 spiro atoms. The van der Waals surface area contributed by atoms with Gasteiger partial charge in [-0.2, -0.15) is 5.10 Å². The third kappa shape index (κ3) is 4.69. The van der Waals surface area contributed by atoms with E-state index in [-0.39, 0.29) is 6.03 Å². The van der Waals surface area contributed by atoms with Crippen molar-refractivity contribution in [2.45, 2.75) is 46.1 Å². The first kappa shape index (κ1) is 20.3. The van der Waals surface area contributed by atoms with Crippen LogP contribution in [0.2, 0.25) is 0 Å². The fourth-order valence-electron chi connectivity index (χ4n) is 3.86. The molecule has 2 aromatic rings. The molecule has 0 aliphatic carbocycles. The Hall–Kier alpha value is -2.44. The molecule has 1 aromatic carbocycles. The Labute approximate surface area is 164 Å². The van der Waals surface area contributed by atoms with Gasteiger partial charge in [-0.3, -0.25) is 4.68 Å². The van der Waals surface area contributed by atoms with Crippen LogP contribution in [-0.2, 0) is 20.0 Å². The summed E-state index contributed by atoms with van der Waals surface area (Å²) in [5.41, 5.74) is 3.62. The van der Waals surface area contributed by atoms with E-state index in [4.69, 9.17) is 0 Å². The molecule has 7 heteroatoms. The van der Waals surface area contributed by atoms with Gasteiger partial charge in [0.2, 0.25) is 0 Å². The van der Waals surface area contributed by atoms with E-state index < -0.39 is 11.6 Å². The lowest BCUT2D eigenvalue weighted by atomic mass is 9.90. The number of likely N-dealkylation sites (tertiary alicyclic amines) is 1. The zero-order valence-corrected chi connectivity index (χ0v) is 16.8. The average molecular weight is 390 g/mol. The SMILES string of the molecule is Cc1nn(C)c(C)c1CNC(=O)N1CCC(CCc2ccc(F)cc2F)CC1. The van der Waals surface area contributed by atoms with E-state index in [0.717, 1.165) is 42.3 Å². The van der Waals surface area contributed by atoms with Crippen LogP contribution in [0.4, 0.5) is 13.6 Å². The quantitative estimate of drug-likeness (QED) is 0.843. The molecule has 152 valence electrons. The highest BCUT2D eigenvalue weighted by atomic mass is 19.1. The zero-order chi connectivity index (χ0) is 20.3. The van der Waals surface area contributed by atoms with E-state index in [2.05, 4.69) is 10.4 Å². The van der Waals surface area contributed by atoms with Gasteiger partial charge in [0, 0.05) is 44.0 Å². The standard InChI is InChI=1S/C21H28F2N4O/c1-14-19(15(2)26(3)25-14)13-24-21(28)27-10-8-16(9-11-27)4-5-17-6-7-18(22)12-20(17)23/h6-7,12,16H,4-5,8-11,13H2,1-3H3,(H,24,28). The maximum Gasteiger partial charge on any atom is 0.317 e. The molecule has 1 N–H and O–H groups in total. The van der Waals surface area contributed by atoms with E-state index >= 15 is 0 Å². The minimum atomic E-state index is -0.544. The summed E-state index contributed by atoms with van der Waals surface area (Å²) in [7, 11) is 1.90. The monoisotopic (exact) mass is 390 g/mol. The second kappa shape index (κ2) is 8.71. The molecule has 0 unspecified atom stereocenters. The summed E-state index contributed by atoms with van der Waals surface area (Å²) in [6.45, 7) is 5.83. The third-order valence-corrected chi connectivity index (χ3v) is 5.81. The highest BCUT2D eigenvalue weighted by Crippen LogP contribution is 2.23. The smallest absolute Gasteiger partial charge is 0.317 e. The fourth-order valence-corrected chi connectivity index (χ4v) is 3.86. The molecule has 2 heterocycles. The summed E-state index contributed by atoms with van der Waals surface area (Å²) < 4.78 is 28.6. The van der Waals surface area contributed by atoms with Crippen LogP contribution < -0.4 is 5.32 Å². The van der Waals surface area contributed by atoms with E-state index in [1.807, 2.05) is 30.5 Å². The van der Waals surface area contributed by atoms with Gasteiger partial charge in [0.1, 0.15) is 11.6 Å². The molecule has 1 aliphatic heterocycles. The number of piperidine rings is 1. The average Bonchev–Trinajstić information content (AvgIpc) is 2.91. The number of halogens is 2. The summed E-state index contributed by atoms with van der Waals surface area (Å²) in [4.78, 5) is 14.3. The largest absolute Gasteiger partial charge is 0.334 e. The lowest BCUT2D eigenvalue weighted by molar-refractivity contribution is 0.167. The number of aromatic nitrogens is 2. The van der Waals surface area contributed by atoms with Gasteiger partial charge in [-0.05, 0) is 57.1 Å². The van der Waals surface area contributed by atoms with E-state index in [1.165, 1.54) is 12.1 Å². The molecule has 1 fully saturated rings. The van der Waals surface area contributed by atoms with Crippen molar-refractivity contribution in [1.29, 1.82) is 0 Å². The Morgan fingerprint density at radius 1 is 1.25 bits per heavy atom. The van der Waals surface area contributed by atoms with Gasteiger partial charge in [-0.1, -0.05) is 6.07 Å². The Kier molecular flexibility index (Phi) is 6.31. The number of carbonyl (C=O) groups is 1. The molecule has 5 nitrogen and oxygen atoms in total. The second-order valence-corrected chi connectivity index (χ2v) is 7.64. The van der Waals surface area contributed by atoms with E-state index in [0.29, 0.717) is 37.5 Å². The van der Waals surface area contributed by atoms with Crippen LogP contribution in [0.15, 0.2) is 18.2 Å². The number of rotatable bonds is 5. The number of carbonyl (C=O) groups excluding carboxylic acids is 1. The van der Waals surface area contributed by atoms with Crippen LogP contribution in [0.1, 0.15) is 41.8 Å². The molecule has 0 bridgehead atoms. The lowest BCUT2D eigenvalue weighted by Crippen LogP contribution is -2.44. The van der Waals surface area contributed by atoms with Crippen molar-refractivity contribution in [1.82, 2.24) is 20.0 Å². The molecule has 3 rings (SSSR count). The maximum absolute atomic E-state index is 13.7. The van der Waals surface area contributed by atoms with E-state index in [9.17, 15) is 13.6 Å². The maximum atomic E-state index is 13.7. The summed E-state index contributed by atoms with van der Waals surface area (Å²) in [5, 5.41) is 7.37. The first-order chi connectivity index (χ1) is 13.3. The Morgan fingerprint density at radius 3 is 2.57 bits per heavy atom. The Morgan fingerprint density at radius 2 is 1.96 bits per heavy atom. The number of nitrogens with zero attached hydrogens (tertiary/aromatic N) is 3.